The van der Waals surface area contributed by atoms with Crippen molar-refractivity contribution in [3.05, 3.63) is 0 Å². The van der Waals surface area contributed by atoms with Crippen molar-refractivity contribution in [3.8, 4) is 0 Å². The van der Waals surface area contributed by atoms with Crippen molar-refractivity contribution in [2.75, 3.05) is 26.3 Å². The van der Waals surface area contributed by atoms with Crippen molar-refractivity contribution < 1.29 is 10.2 Å². The number of hydrogen-bond acceptors (Lipinski definition) is 3. The van der Waals surface area contributed by atoms with Crippen LogP contribution in [0.15, 0.2) is 0 Å². The van der Waals surface area contributed by atoms with Gasteiger partial charge in [0.05, 0.1) is 6.61 Å². The van der Waals surface area contributed by atoms with Gasteiger partial charge in [-0.25, -0.2) is 0 Å². The van der Waals surface area contributed by atoms with Crippen LogP contribution in [-0.2, 0) is 0 Å². The molecule has 0 rings (SSSR count). The summed E-state index contributed by atoms with van der Waals surface area (Å²) >= 11 is 0. The Balaban J connectivity index is 3.41. The fraction of sp³-hybridized carbons (Fsp3) is 1.00. The SMILES string of the molecule is CC(C)N(CCO)CCCCCCO. The van der Waals surface area contributed by atoms with Crippen molar-refractivity contribution >= 4 is 0 Å². The molecular formula is C11H25NO2. The topological polar surface area (TPSA) is 43.7 Å². The second-order valence-corrected chi connectivity index (χ2v) is 3.99. The van der Waals surface area contributed by atoms with Gasteiger partial charge >= 0.3 is 0 Å². The Labute approximate surface area is 87.7 Å². The summed E-state index contributed by atoms with van der Waals surface area (Å²) in [6.45, 7) is 6.70. The van der Waals surface area contributed by atoms with E-state index in [-0.39, 0.29) is 6.61 Å². The average Bonchev–Trinajstić information content (AvgIpc) is 2.15. The van der Waals surface area contributed by atoms with Gasteiger partial charge in [-0.3, -0.25) is 4.90 Å². The highest BCUT2D eigenvalue weighted by molar-refractivity contribution is 4.62. The van der Waals surface area contributed by atoms with Crippen molar-refractivity contribution in [3.63, 3.8) is 0 Å². The van der Waals surface area contributed by atoms with Crippen LogP contribution in [0.5, 0.6) is 0 Å². The molecule has 0 aromatic carbocycles. The van der Waals surface area contributed by atoms with Crippen molar-refractivity contribution in [1.29, 1.82) is 0 Å². The molecule has 0 spiro atoms. The Morgan fingerprint density at radius 1 is 0.857 bits per heavy atom. The van der Waals surface area contributed by atoms with Gasteiger partial charge in [-0.2, -0.15) is 0 Å². The van der Waals surface area contributed by atoms with Crippen LogP contribution in [0.2, 0.25) is 0 Å². The summed E-state index contributed by atoms with van der Waals surface area (Å²) in [5, 5.41) is 17.5. The molecule has 0 aliphatic rings. The minimum absolute atomic E-state index is 0.245. The molecule has 0 heterocycles. The third-order valence-electron chi connectivity index (χ3n) is 2.47. The molecule has 0 aromatic heterocycles. The fourth-order valence-corrected chi connectivity index (χ4v) is 1.54. The molecule has 0 radical (unpaired) electrons. The highest BCUT2D eigenvalue weighted by atomic mass is 16.3. The first-order valence-electron chi connectivity index (χ1n) is 5.68. The lowest BCUT2D eigenvalue weighted by Crippen LogP contribution is -2.34. The normalized spacial score (nSPS) is 11.6. The predicted molar refractivity (Wildman–Crippen MR) is 59.3 cm³/mol. The quantitative estimate of drug-likeness (QED) is 0.554. The van der Waals surface area contributed by atoms with E-state index >= 15 is 0 Å². The van der Waals surface area contributed by atoms with E-state index in [0.717, 1.165) is 32.4 Å². The highest BCUT2D eigenvalue weighted by Gasteiger charge is 2.07. The zero-order chi connectivity index (χ0) is 10.8. The van der Waals surface area contributed by atoms with E-state index in [4.69, 9.17) is 10.2 Å². The molecule has 0 unspecified atom stereocenters. The lowest BCUT2D eigenvalue weighted by molar-refractivity contribution is 0.163. The molecule has 0 saturated heterocycles. The third kappa shape index (κ3) is 7.30. The number of nitrogens with zero attached hydrogens (tertiary/aromatic N) is 1. The van der Waals surface area contributed by atoms with Gasteiger partial charge in [0, 0.05) is 19.2 Å². The van der Waals surface area contributed by atoms with Gasteiger partial charge in [0.2, 0.25) is 0 Å². The number of unbranched alkanes of at least 4 members (excludes halogenated alkanes) is 3. The molecule has 3 heteroatoms. The first-order valence-corrected chi connectivity index (χ1v) is 5.68. The lowest BCUT2D eigenvalue weighted by atomic mass is 10.2. The van der Waals surface area contributed by atoms with Gasteiger partial charge in [0.25, 0.3) is 0 Å². The van der Waals surface area contributed by atoms with Crippen LogP contribution in [0.25, 0.3) is 0 Å². The predicted octanol–water partition coefficient (Wildman–Crippen LogP) is 1.24. The van der Waals surface area contributed by atoms with Crippen LogP contribution in [0.1, 0.15) is 39.5 Å². The Hall–Kier alpha value is -0.120. The Morgan fingerprint density at radius 3 is 2.00 bits per heavy atom. The second kappa shape index (κ2) is 9.44. The van der Waals surface area contributed by atoms with E-state index in [9.17, 15) is 0 Å². The van der Waals surface area contributed by atoms with Gasteiger partial charge in [0.15, 0.2) is 0 Å². The number of aliphatic hydroxyl groups is 2. The van der Waals surface area contributed by atoms with Crippen LogP contribution in [0.3, 0.4) is 0 Å². The molecule has 2 N–H and O–H groups in total. The van der Waals surface area contributed by atoms with E-state index in [2.05, 4.69) is 18.7 Å². The van der Waals surface area contributed by atoms with E-state index < -0.39 is 0 Å². The van der Waals surface area contributed by atoms with Gasteiger partial charge in [0.1, 0.15) is 0 Å². The fourth-order valence-electron chi connectivity index (χ4n) is 1.54. The van der Waals surface area contributed by atoms with Crippen LogP contribution in [-0.4, -0.2) is 47.5 Å². The highest BCUT2D eigenvalue weighted by Crippen LogP contribution is 2.04. The molecule has 0 aromatic rings. The van der Waals surface area contributed by atoms with E-state index in [1.807, 2.05) is 0 Å². The molecule has 14 heavy (non-hydrogen) atoms. The molecule has 3 nitrogen and oxygen atoms in total. The first-order chi connectivity index (χ1) is 6.72. The van der Waals surface area contributed by atoms with E-state index in [1.54, 1.807) is 0 Å². The Morgan fingerprint density at radius 2 is 1.50 bits per heavy atom. The maximum absolute atomic E-state index is 8.85. The van der Waals surface area contributed by atoms with Gasteiger partial charge < -0.3 is 10.2 Å². The molecular weight excluding hydrogens is 178 g/mol. The summed E-state index contributed by atoms with van der Waals surface area (Å²) in [5.41, 5.74) is 0. The first kappa shape index (κ1) is 13.9. The van der Waals surface area contributed by atoms with Crippen LogP contribution in [0, 0.1) is 0 Å². The monoisotopic (exact) mass is 203 g/mol. The van der Waals surface area contributed by atoms with Crippen molar-refractivity contribution in [1.82, 2.24) is 4.90 Å². The van der Waals surface area contributed by atoms with Crippen LogP contribution >= 0.6 is 0 Å². The standard InChI is InChI=1S/C11H25NO2/c1-11(2)12(8-10-14)7-5-3-4-6-9-13/h11,13-14H,3-10H2,1-2H3. The smallest absolute Gasteiger partial charge is 0.0558 e. The summed E-state index contributed by atoms with van der Waals surface area (Å²) in [5.74, 6) is 0. The molecule has 0 bridgehead atoms. The summed E-state index contributed by atoms with van der Waals surface area (Å²) in [6, 6.07) is 0.514. The van der Waals surface area contributed by atoms with Gasteiger partial charge in [-0.1, -0.05) is 12.8 Å². The summed E-state index contributed by atoms with van der Waals surface area (Å²) in [6.07, 6.45) is 4.37. The summed E-state index contributed by atoms with van der Waals surface area (Å²) in [4.78, 5) is 2.29. The van der Waals surface area contributed by atoms with Gasteiger partial charge in [-0.15, -0.1) is 0 Å². The largest absolute Gasteiger partial charge is 0.396 e. The molecule has 0 atom stereocenters. The molecule has 86 valence electrons. The molecule has 0 fully saturated rings. The minimum atomic E-state index is 0.245. The number of aliphatic hydroxyl groups excluding tert-OH is 2. The van der Waals surface area contributed by atoms with E-state index in [0.29, 0.717) is 12.6 Å². The number of rotatable bonds is 9. The molecule has 0 amide bonds. The van der Waals surface area contributed by atoms with Crippen molar-refractivity contribution in [2.45, 2.75) is 45.6 Å². The van der Waals surface area contributed by atoms with Crippen molar-refractivity contribution in [2.24, 2.45) is 0 Å². The number of hydrogen-bond donors (Lipinski definition) is 2. The summed E-state index contributed by atoms with van der Waals surface area (Å²) in [7, 11) is 0. The Bertz CT molecular complexity index is 118. The minimum Gasteiger partial charge on any atom is -0.396 e. The zero-order valence-corrected chi connectivity index (χ0v) is 9.58. The van der Waals surface area contributed by atoms with Crippen LogP contribution in [0.4, 0.5) is 0 Å². The van der Waals surface area contributed by atoms with Gasteiger partial charge in [-0.05, 0) is 33.2 Å². The van der Waals surface area contributed by atoms with E-state index in [1.165, 1.54) is 6.42 Å². The average molecular weight is 203 g/mol. The third-order valence-corrected chi connectivity index (χ3v) is 2.47. The maximum Gasteiger partial charge on any atom is 0.0558 e. The Kier molecular flexibility index (Phi) is 9.35. The molecule has 0 aliphatic carbocycles. The second-order valence-electron chi connectivity index (χ2n) is 3.99. The zero-order valence-electron chi connectivity index (χ0n) is 9.58. The maximum atomic E-state index is 8.85. The molecule has 0 aliphatic heterocycles. The lowest BCUT2D eigenvalue weighted by Gasteiger charge is -2.25. The summed E-state index contributed by atoms with van der Waals surface area (Å²) < 4.78 is 0. The van der Waals surface area contributed by atoms with Crippen LogP contribution < -0.4 is 0 Å². The molecule has 0 saturated carbocycles.